The van der Waals surface area contributed by atoms with Crippen molar-refractivity contribution in [2.45, 2.75) is 12.5 Å². The highest BCUT2D eigenvalue weighted by molar-refractivity contribution is 6.34. The van der Waals surface area contributed by atoms with Gasteiger partial charge in [-0.25, -0.2) is 0 Å². The maximum Gasteiger partial charge on any atom is 0.260 e. The number of nitrogens with two attached hydrogens (primary N) is 1. The molecule has 0 aromatic heterocycles. The minimum Gasteiger partial charge on any atom is -0.368 e. The van der Waals surface area contributed by atoms with E-state index in [9.17, 15) is 9.59 Å². The van der Waals surface area contributed by atoms with Crippen LogP contribution < -0.4 is 10.6 Å². The lowest BCUT2D eigenvalue weighted by Gasteiger charge is -2.23. The Hall–Kier alpha value is -2.33. The van der Waals surface area contributed by atoms with Crippen molar-refractivity contribution in [3.63, 3.8) is 0 Å². The lowest BCUT2D eigenvalue weighted by molar-refractivity contribution is -0.119. The average Bonchev–Trinajstić information content (AvgIpc) is 2.86. The first-order valence-corrected chi connectivity index (χ1v) is 6.92. The van der Waals surface area contributed by atoms with E-state index in [4.69, 9.17) is 17.3 Å². The number of rotatable bonds is 2. The molecule has 1 heterocycles. The van der Waals surface area contributed by atoms with Crippen molar-refractivity contribution >= 4 is 29.1 Å². The van der Waals surface area contributed by atoms with Crippen molar-refractivity contribution in [3.8, 4) is 0 Å². The molecule has 0 fully saturated rings. The summed E-state index contributed by atoms with van der Waals surface area (Å²) in [5, 5.41) is 0.357. The fraction of sp³-hybridized carbons (Fsp3) is 0.125. The van der Waals surface area contributed by atoms with Crippen molar-refractivity contribution in [1.82, 2.24) is 0 Å². The van der Waals surface area contributed by atoms with Gasteiger partial charge in [0.2, 0.25) is 5.91 Å². The smallest absolute Gasteiger partial charge is 0.260 e. The quantitative estimate of drug-likeness (QED) is 0.925. The highest BCUT2D eigenvalue weighted by Gasteiger charge is 2.37. The molecule has 0 bridgehead atoms. The van der Waals surface area contributed by atoms with Crippen LogP contribution in [-0.2, 0) is 11.2 Å². The second kappa shape index (κ2) is 5.22. The van der Waals surface area contributed by atoms with Crippen LogP contribution in [0.2, 0.25) is 5.02 Å². The molecule has 4 nitrogen and oxygen atoms in total. The molecule has 1 aliphatic rings. The Labute approximate surface area is 127 Å². The van der Waals surface area contributed by atoms with E-state index in [2.05, 4.69) is 0 Å². The van der Waals surface area contributed by atoms with Crippen LogP contribution in [0.3, 0.4) is 0 Å². The number of fused-ring (bicyclic) bond motifs is 1. The van der Waals surface area contributed by atoms with Crippen LogP contribution in [0.4, 0.5) is 5.69 Å². The van der Waals surface area contributed by atoms with Crippen molar-refractivity contribution in [2.75, 3.05) is 4.90 Å². The van der Waals surface area contributed by atoms with Gasteiger partial charge in [0.1, 0.15) is 6.04 Å². The van der Waals surface area contributed by atoms with Crippen molar-refractivity contribution < 1.29 is 9.59 Å². The Bertz CT molecular complexity index is 730. The van der Waals surface area contributed by atoms with E-state index in [-0.39, 0.29) is 5.91 Å². The summed E-state index contributed by atoms with van der Waals surface area (Å²) in [6.07, 6.45) is 0.432. The van der Waals surface area contributed by atoms with Crippen LogP contribution in [-0.4, -0.2) is 17.9 Å². The second-order valence-electron chi connectivity index (χ2n) is 4.91. The molecule has 1 aliphatic heterocycles. The lowest BCUT2D eigenvalue weighted by Crippen LogP contribution is -2.46. The molecule has 0 unspecified atom stereocenters. The minimum atomic E-state index is -0.675. The second-order valence-corrected chi connectivity index (χ2v) is 5.31. The van der Waals surface area contributed by atoms with Crippen LogP contribution in [0.5, 0.6) is 0 Å². The molecule has 0 saturated heterocycles. The SMILES string of the molecule is NC(=O)[C@H]1Cc2ccccc2N1C(=O)c1ccccc1Cl. The summed E-state index contributed by atoms with van der Waals surface area (Å²) in [4.78, 5) is 25.9. The van der Waals surface area contributed by atoms with Gasteiger partial charge < -0.3 is 5.73 Å². The number of carbonyl (C=O) groups excluding carboxylic acids is 2. The first-order chi connectivity index (χ1) is 10.1. The van der Waals surface area contributed by atoms with E-state index in [1.807, 2.05) is 24.3 Å². The monoisotopic (exact) mass is 300 g/mol. The Morgan fingerprint density at radius 3 is 2.48 bits per heavy atom. The topological polar surface area (TPSA) is 63.4 Å². The van der Waals surface area contributed by atoms with Crippen LogP contribution >= 0.6 is 11.6 Å². The molecular formula is C16H13ClN2O2. The maximum atomic E-state index is 12.8. The number of anilines is 1. The number of hydrogen-bond donors (Lipinski definition) is 1. The zero-order valence-corrected chi connectivity index (χ0v) is 11.9. The van der Waals surface area contributed by atoms with E-state index in [0.717, 1.165) is 5.56 Å². The molecule has 106 valence electrons. The van der Waals surface area contributed by atoms with Gasteiger partial charge in [-0.1, -0.05) is 41.9 Å². The molecule has 2 N–H and O–H groups in total. The molecule has 3 rings (SSSR count). The molecule has 2 aromatic rings. The predicted octanol–water partition coefficient (Wildman–Crippen LogP) is 2.40. The maximum absolute atomic E-state index is 12.8. The summed E-state index contributed by atoms with van der Waals surface area (Å²) in [7, 11) is 0. The molecule has 0 radical (unpaired) electrons. The number of hydrogen-bond acceptors (Lipinski definition) is 2. The summed E-state index contributed by atoms with van der Waals surface area (Å²) in [6.45, 7) is 0. The van der Waals surface area contributed by atoms with Gasteiger partial charge in [-0.15, -0.1) is 0 Å². The van der Waals surface area contributed by atoms with E-state index < -0.39 is 11.9 Å². The summed E-state index contributed by atoms with van der Waals surface area (Å²) >= 11 is 6.09. The number of halogens is 1. The summed E-state index contributed by atoms with van der Waals surface area (Å²) in [6, 6.07) is 13.5. The third-order valence-corrected chi connectivity index (χ3v) is 3.96. The van der Waals surface area contributed by atoms with E-state index >= 15 is 0 Å². The molecule has 2 amide bonds. The fourth-order valence-electron chi connectivity index (χ4n) is 2.63. The first kappa shape index (κ1) is 13.6. The summed E-state index contributed by atoms with van der Waals surface area (Å²) < 4.78 is 0. The molecule has 0 spiro atoms. The summed E-state index contributed by atoms with van der Waals surface area (Å²) in [5.74, 6) is -0.832. The van der Waals surface area contributed by atoms with Crippen LogP contribution in [0.1, 0.15) is 15.9 Å². The zero-order chi connectivity index (χ0) is 15.0. The molecule has 1 atom stereocenters. The molecular weight excluding hydrogens is 288 g/mol. The van der Waals surface area contributed by atoms with Crippen molar-refractivity contribution in [3.05, 3.63) is 64.7 Å². The van der Waals surface area contributed by atoms with E-state index in [0.29, 0.717) is 22.7 Å². The average molecular weight is 301 g/mol. The van der Waals surface area contributed by atoms with Crippen molar-refractivity contribution in [2.24, 2.45) is 5.73 Å². The number of amides is 2. The molecule has 21 heavy (non-hydrogen) atoms. The van der Waals surface area contributed by atoms with Gasteiger partial charge in [-0.3, -0.25) is 14.5 Å². The van der Waals surface area contributed by atoms with Gasteiger partial charge in [-0.05, 0) is 23.8 Å². The third kappa shape index (κ3) is 2.28. The Balaban J connectivity index is 2.08. The standard InChI is InChI=1S/C16H13ClN2O2/c17-12-7-3-2-6-11(12)16(21)19-13-8-4-1-5-10(13)9-14(19)15(18)20/h1-8,14H,9H2,(H2,18,20)/t14-/m1/s1. The van der Waals surface area contributed by atoms with E-state index in [1.165, 1.54) is 4.90 Å². The minimum absolute atomic E-state index is 0.311. The van der Waals surface area contributed by atoms with Gasteiger partial charge in [0.15, 0.2) is 0 Å². The largest absolute Gasteiger partial charge is 0.368 e. The molecule has 5 heteroatoms. The van der Waals surface area contributed by atoms with Gasteiger partial charge in [0.25, 0.3) is 5.91 Å². The highest BCUT2D eigenvalue weighted by Crippen LogP contribution is 2.34. The Morgan fingerprint density at radius 1 is 1.10 bits per heavy atom. The number of carbonyl (C=O) groups is 2. The van der Waals surface area contributed by atoms with Gasteiger partial charge in [-0.2, -0.15) is 0 Å². The Morgan fingerprint density at radius 2 is 1.76 bits per heavy atom. The van der Waals surface area contributed by atoms with Gasteiger partial charge in [0, 0.05) is 12.1 Å². The number of para-hydroxylation sites is 1. The first-order valence-electron chi connectivity index (χ1n) is 6.55. The van der Waals surface area contributed by atoms with E-state index in [1.54, 1.807) is 24.3 Å². The van der Waals surface area contributed by atoms with Crippen LogP contribution in [0.25, 0.3) is 0 Å². The number of nitrogens with zero attached hydrogens (tertiary/aromatic N) is 1. The normalized spacial score (nSPS) is 16.6. The lowest BCUT2D eigenvalue weighted by atomic mass is 10.1. The Kier molecular flexibility index (Phi) is 3.39. The molecule has 2 aromatic carbocycles. The number of benzene rings is 2. The third-order valence-electron chi connectivity index (χ3n) is 3.63. The van der Waals surface area contributed by atoms with Crippen molar-refractivity contribution in [1.29, 1.82) is 0 Å². The molecule has 0 aliphatic carbocycles. The van der Waals surface area contributed by atoms with Gasteiger partial charge >= 0.3 is 0 Å². The molecule has 0 saturated carbocycles. The predicted molar refractivity (Wildman–Crippen MR) is 81.4 cm³/mol. The number of primary amides is 1. The zero-order valence-electron chi connectivity index (χ0n) is 11.1. The fourth-order valence-corrected chi connectivity index (χ4v) is 2.85. The highest BCUT2D eigenvalue weighted by atomic mass is 35.5. The summed E-state index contributed by atoms with van der Waals surface area (Å²) in [5.41, 5.74) is 7.46. The van der Waals surface area contributed by atoms with Gasteiger partial charge in [0.05, 0.1) is 10.6 Å². The van der Waals surface area contributed by atoms with Crippen LogP contribution in [0.15, 0.2) is 48.5 Å². The van der Waals surface area contributed by atoms with Crippen LogP contribution in [0, 0.1) is 0 Å².